The van der Waals surface area contributed by atoms with Crippen molar-refractivity contribution < 1.29 is 27.5 Å². The normalized spacial score (nSPS) is 13.1. The molecule has 1 aliphatic rings. The molecule has 4 amide bonds. The molecule has 0 radical (unpaired) electrons. The van der Waals surface area contributed by atoms with Crippen LogP contribution < -0.4 is 25.0 Å². The first-order valence-electron chi connectivity index (χ1n) is 14.9. The van der Waals surface area contributed by atoms with E-state index in [-0.39, 0.29) is 28.8 Å². The molecule has 0 aliphatic carbocycles. The molecule has 0 bridgehead atoms. The molecule has 1 aromatic heterocycles. The molecule has 1 aliphatic heterocycles. The number of halogens is 1. The number of carbonyl (C=O) groups excluding carboxylic acids is 3. The Labute approximate surface area is 280 Å². The van der Waals surface area contributed by atoms with Gasteiger partial charge in [-0.15, -0.1) is 5.10 Å². The van der Waals surface area contributed by atoms with Crippen molar-refractivity contribution in [3.8, 4) is 5.75 Å². The average Bonchev–Trinajstić information content (AvgIpc) is 3.70. The molecule has 0 saturated heterocycles. The Morgan fingerprint density at radius 3 is 2.54 bits per heavy atom. The molecular weight excluding hydrogens is 658 g/mol. The van der Waals surface area contributed by atoms with Crippen molar-refractivity contribution in [2.75, 3.05) is 29.9 Å². The van der Waals surface area contributed by atoms with Crippen LogP contribution in [-0.2, 0) is 26.0 Å². The number of para-hydroxylation sites is 2. The lowest BCUT2D eigenvalue weighted by Crippen LogP contribution is -2.42. The third-order valence-electron chi connectivity index (χ3n) is 7.67. The zero-order chi connectivity index (χ0) is 33.8. The Morgan fingerprint density at radius 2 is 1.73 bits per heavy atom. The zero-order valence-electron chi connectivity index (χ0n) is 25.6. The number of aromatic nitrogens is 3. The van der Waals surface area contributed by atoms with Gasteiger partial charge >= 0.3 is 6.03 Å². The lowest BCUT2D eigenvalue weighted by Gasteiger charge is -2.24. The number of aryl methyl sites for hydroxylation is 1. The molecule has 1 unspecified atom stereocenters. The number of nitrogens with zero attached hydrogens (tertiary/aromatic N) is 4. The van der Waals surface area contributed by atoms with Crippen molar-refractivity contribution in [1.29, 1.82) is 0 Å². The number of hydrogen-bond donors (Lipinski definition) is 3. The van der Waals surface area contributed by atoms with Crippen LogP contribution in [-0.4, -0.2) is 61.0 Å². The Balaban J connectivity index is 1.19. The molecule has 0 fully saturated rings. The third-order valence-corrected chi connectivity index (χ3v) is 9.33. The molecule has 5 aromatic rings. The highest BCUT2D eigenvalue weighted by Gasteiger charge is 2.38. The molecule has 2 heterocycles. The largest absolute Gasteiger partial charge is 0.492 e. The summed E-state index contributed by atoms with van der Waals surface area (Å²) in [6.07, 6.45) is 0.612. The molecule has 0 saturated carbocycles. The van der Waals surface area contributed by atoms with Gasteiger partial charge in [-0.1, -0.05) is 64.8 Å². The number of hydrogen-bond acceptors (Lipinski definition) is 8. The van der Waals surface area contributed by atoms with Gasteiger partial charge < -0.3 is 20.3 Å². The lowest BCUT2D eigenvalue weighted by atomic mass is 10.1. The summed E-state index contributed by atoms with van der Waals surface area (Å²) in [6, 6.07) is 22.7. The van der Waals surface area contributed by atoms with Crippen molar-refractivity contribution in [2.24, 2.45) is 0 Å². The highest BCUT2D eigenvalue weighted by atomic mass is 35.5. The third kappa shape index (κ3) is 6.94. The second-order valence-electron chi connectivity index (χ2n) is 10.9. The van der Waals surface area contributed by atoms with Gasteiger partial charge in [0.25, 0.3) is 21.8 Å². The highest BCUT2D eigenvalue weighted by Crippen LogP contribution is 2.32. The minimum Gasteiger partial charge on any atom is -0.492 e. The monoisotopic (exact) mass is 687 g/mol. The number of sulfonamides is 1. The summed E-state index contributed by atoms with van der Waals surface area (Å²) in [7, 11) is -4.40. The summed E-state index contributed by atoms with van der Waals surface area (Å²) >= 11 is 6.38. The van der Waals surface area contributed by atoms with E-state index >= 15 is 0 Å². The molecule has 4 aromatic carbocycles. The van der Waals surface area contributed by atoms with Crippen LogP contribution in [0.25, 0.3) is 11.0 Å². The van der Waals surface area contributed by atoms with E-state index in [9.17, 15) is 22.8 Å². The smallest absolute Gasteiger partial charge is 0.328 e. The van der Waals surface area contributed by atoms with Gasteiger partial charge in [0.1, 0.15) is 17.9 Å². The van der Waals surface area contributed by atoms with Gasteiger partial charge in [0.05, 0.1) is 27.7 Å². The molecule has 13 nitrogen and oxygen atoms in total. The van der Waals surface area contributed by atoms with E-state index in [1.54, 1.807) is 42.5 Å². The van der Waals surface area contributed by atoms with Crippen LogP contribution in [0.15, 0.2) is 95.9 Å². The van der Waals surface area contributed by atoms with Crippen molar-refractivity contribution in [3.05, 3.63) is 107 Å². The van der Waals surface area contributed by atoms with E-state index < -0.39 is 33.9 Å². The van der Waals surface area contributed by atoms with E-state index in [0.717, 1.165) is 17.2 Å². The minimum absolute atomic E-state index is 0.00108. The summed E-state index contributed by atoms with van der Waals surface area (Å²) in [6.45, 7) is 2.44. The van der Waals surface area contributed by atoms with Crippen LogP contribution in [0.3, 0.4) is 0 Å². The molecule has 0 spiro atoms. The van der Waals surface area contributed by atoms with Gasteiger partial charge in [-0.3, -0.25) is 9.59 Å². The van der Waals surface area contributed by atoms with Crippen LogP contribution in [0.5, 0.6) is 5.75 Å². The van der Waals surface area contributed by atoms with Gasteiger partial charge in [0.15, 0.2) is 0 Å². The maximum absolute atomic E-state index is 14.1. The van der Waals surface area contributed by atoms with Gasteiger partial charge in [-0.25, -0.2) is 22.6 Å². The van der Waals surface area contributed by atoms with E-state index in [4.69, 9.17) is 16.3 Å². The summed E-state index contributed by atoms with van der Waals surface area (Å²) in [5, 5.41) is 13.3. The topological polar surface area (TPSA) is 165 Å². The Hall–Kier alpha value is -5.47. The molecule has 1 atom stereocenters. The van der Waals surface area contributed by atoms with E-state index in [0.29, 0.717) is 35.4 Å². The summed E-state index contributed by atoms with van der Waals surface area (Å²) in [5.74, 6) is -0.772. The molecule has 15 heteroatoms. The summed E-state index contributed by atoms with van der Waals surface area (Å²) in [5.41, 5.74) is 3.54. The Bertz CT molecular complexity index is 2120. The van der Waals surface area contributed by atoms with Crippen LogP contribution in [0.1, 0.15) is 17.2 Å². The van der Waals surface area contributed by atoms with Crippen molar-refractivity contribution in [3.63, 3.8) is 0 Å². The first-order valence-corrected chi connectivity index (χ1v) is 16.8. The zero-order valence-corrected chi connectivity index (χ0v) is 27.2. The van der Waals surface area contributed by atoms with E-state index in [1.165, 1.54) is 21.7 Å². The first kappa shape index (κ1) is 32.5. The second kappa shape index (κ2) is 13.7. The predicted octanol–water partition coefficient (Wildman–Crippen LogP) is 4.23. The maximum Gasteiger partial charge on any atom is 0.328 e. The Morgan fingerprint density at radius 1 is 0.979 bits per heavy atom. The highest BCUT2D eigenvalue weighted by molar-refractivity contribution is 7.90. The van der Waals surface area contributed by atoms with Gasteiger partial charge in [0, 0.05) is 12.2 Å². The molecule has 246 valence electrons. The van der Waals surface area contributed by atoms with Gasteiger partial charge in [-0.2, -0.15) is 0 Å². The van der Waals surface area contributed by atoms with Gasteiger partial charge in [0.2, 0.25) is 6.04 Å². The number of rotatable bonds is 10. The first-order chi connectivity index (χ1) is 23.1. The minimum atomic E-state index is -4.40. The molecular formula is C33H30ClN7O6S. The number of fused-ring (bicyclic) bond motifs is 2. The van der Waals surface area contributed by atoms with Crippen LogP contribution in [0, 0.1) is 6.92 Å². The fourth-order valence-corrected chi connectivity index (χ4v) is 6.39. The van der Waals surface area contributed by atoms with E-state index in [1.807, 2.05) is 42.0 Å². The maximum atomic E-state index is 14.1. The van der Waals surface area contributed by atoms with Gasteiger partial charge in [-0.05, 0) is 67.4 Å². The van der Waals surface area contributed by atoms with Crippen LogP contribution in [0.4, 0.5) is 16.2 Å². The van der Waals surface area contributed by atoms with Crippen molar-refractivity contribution >= 4 is 61.9 Å². The number of carbonyl (C=O) groups is 3. The molecule has 6 rings (SSSR count). The van der Waals surface area contributed by atoms with E-state index in [2.05, 4.69) is 20.9 Å². The molecule has 48 heavy (non-hydrogen) atoms. The predicted molar refractivity (Wildman–Crippen MR) is 180 cm³/mol. The summed E-state index contributed by atoms with van der Waals surface area (Å²) < 4.78 is 34.9. The van der Waals surface area contributed by atoms with Crippen molar-refractivity contribution in [2.45, 2.75) is 24.3 Å². The SMILES string of the molecule is Cc1ccc(OCCNC(=O)NS(=O)(=O)c2ccc(Cl)c(NC(=O)C(C(=O)N3CCc4ccccc43)n3nnc4ccccc43)c2)cc1. The number of ether oxygens (including phenoxy) is 1. The fourth-order valence-electron chi connectivity index (χ4n) is 5.27. The number of anilines is 2. The standard InChI is InChI=1S/C33H30ClN7O6S/c1-21-10-12-23(13-11-21)47-19-17-35-33(44)38-48(45,46)24-14-15-25(34)27(20-24)36-31(42)30(41-29-9-5-3-7-26(29)37-39-41)32(43)40-18-16-22-6-2-4-8-28(22)40/h2-15,20,30H,16-19H2,1H3,(H,36,42)(H2,35,38,44). The number of amides is 4. The lowest BCUT2D eigenvalue weighted by molar-refractivity contribution is -0.130. The number of nitrogens with one attached hydrogen (secondary N) is 3. The summed E-state index contributed by atoms with van der Waals surface area (Å²) in [4.78, 5) is 41.7. The second-order valence-corrected chi connectivity index (χ2v) is 13.0. The molecule has 3 N–H and O–H groups in total. The van der Waals surface area contributed by atoms with Crippen LogP contribution >= 0.6 is 11.6 Å². The number of urea groups is 1. The fraction of sp³-hybridized carbons (Fsp3) is 0.182. The van der Waals surface area contributed by atoms with Crippen molar-refractivity contribution in [1.82, 2.24) is 25.0 Å². The number of benzene rings is 4. The average molecular weight is 688 g/mol. The Kier molecular flexibility index (Phi) is 9.28. The quantitative estimate of drug-likeness (QED) is 0.145. The van der Waals surface area contributed by atoms with Crippen LogP contribution in [0.2, 0.25) is 5.02 Å².